The van der Waals surface area contributed by atoms with Gasteiger partial charge in [0.2, 0.25) is 5.96 Å². The van der Waals surface area contributed by atoms with Gasteiger partial charge in [0.25, 0.3) is 0 Å². The fourth-order valence-electron chi connectivity index (χ4n) is 1.72. The molecule has 0 amide bonds. The summed E-state index contributed by atoms with van der Waals surface area (Å²) in [6, 6.07) is 0. The number of hydrogen-bond donors (Lipinski definition) is 2. The smallest absolute Gasteiger partial charge is 0.208 e. The quantitative estimate of drug-likeness (QED) is 0.238. The van der Waals surface area contributed by atoms with Crippen LogP contribution in [-0.4, -0.2) is 55.0 Å². The summed E-state index contributed by atoms with van der Waals surface area (Å²) in [5.41, 5.74) is 2.80. The number of hydrazine groups is 1. The maximum absolute atomic E-state index is 5.40. The third-order valence-electron chi connectivity index (χ3n) is 2.96. The topological polar surface area (TPSA) is 56.9 Å². The van der Waals surface area contributed by atoms with E-state index in [9.17, 15) is 0 Å². The molecule has 5 nitrogen and oxygen atoms in total. The molecule has 14 heavy (non-hydrogen) atoms. The second kappa shape index (κ2) is 4.14. The van der Waals surface area contributed by atoms with E-state index in [-0.39, 0.29) is 5.54 Å². The van der Waals surface area contributed by atoms with Gasteiger partial charge in [0.15, 0.2) is 0 Å². The molecule has 5 heteroatoms. The maximum Gasteiger partial charge on any atom is 0.208 e. The van der Waals surface area contributed by atoms with Gasteiger partial charge < -0.3 is 4.90 Å². The van der Waals surface area contributed by atoms with Gasteiger partial charge in [-0.15, -0.1) is 0 Å². The van der Waals surface area contributed by atoms with Crippen molar-refractivity contribution in [3.63, 3.8) is 0 Å². The molecule has 1 fully saturated rings. The highest BCUT2D eigenvalue weighted by Crippen LogP contribution is 2.18. The molecule has 3 N–H and O–H groups in total. The largest absolute Gasteiger partial charge is 0.339 e. The van der Waals surface area contributed by atoms with Crippen LogP contribution in [-0.2, 0) is 0 Å². The molecule has 0 aromatic heterocycles. The Kier molecular flexibility index (Phi) is 3.34. The highest BCUT2D eigenvalue weighted by atomic mass is 15.4. The van der Waals surface area contributed by atoms with Crippen molar-refractivity contribution in [1.29, 1.82) is 0 Å². The number of aliphatic imine (C=N–C) groups is 1. The third kappa shape index (κ3) is 2.16. The van der Waals surface area contributed by atoms with E-state index in [0.29, 0.717) is 0 Å². The third-order valence-corrected chi connectivity index (χ3v) is 2.96. The van der Waals surface area contributed by atoms with Gasteiger partial charge in [0.05, 0.1) is 0 Å². The van der Waals surface area contributed by atoms with Crippen molar-refractivity contribution in [2.24, 2.45) is 10.8 Å². The molecule has 0 radical (unpaired) electrons. The summed E-state index contributed by atoms with van der Waals surface area (Å²) in [7, 11) is 3.90. The number of piperazine rings is 1. The van der Waals surface area contributed by atoms with Crippen LogP contribution in [0.3, 0.4) is 0 Å². The molecule has 1 heterocycles. The number of rotatable bonds is 0. The second-order valence-electron chi connectivity index (χ2n) is 4.35. The Morgan fingerprint density at radius 3 is 2.50 bits per heavy atom. The first-order valence-corrected chi connectivity index (χ1v) is 4.91. The number of nitrogens with two attached hydrogens (primary N) is 1. The van der Waals surface area contributed by atoms with Crippen LogP contribution in [0.15, 0.2) is 4.99 Å². The van der Waals surface area contributed by atoms with E-state index in [1.807, 2.05) is 0 Å². The van der Waals surface area contributed by atoms with Crippen molar-refractivity contribution in [3.05, 3.63) is 0 Å². The standard InChI is InChI=1S/C9H21N5/c1-9(2)7-14(6-5-13(9)4)8(11-3)12-10/h5-7,10H2,1-4H3,(H,11,12). The Balaban J connectivity index is 2.68. The van der Waals surface area contributed by atoms with E-state index in [2.05, 4.69) is 41.1 Å². The molecule has 0 atom stereocenters. The molecule has 0 aromatic rings. The van der Waals surface area contributed by atoms with Crippen LogP contribution < -0.4 is 11.3 Å². The van der Waals surface area contributed by atoms with Crippen LogP contribution in [0.25, 0.3) is 0 Å². The van der Waals surface area contributed by atoms with Gasteiger partial charge in [-0.05, 0) is 20.9 Å². The molecule has 1 saturated heterocycles. The monoisotopic (exact) mass is 199 g/mol. The molecule has 82 valence electrons. The van der Waals surface area contributed by atoms with Gasteiger partial charge >= 0.3 is 0 Å². The fraction of sp³-hybridized carbons (Fsp3) is 0.889. The predicted molar refractivity (Wildman–Crippen MR) is 59.0 cm³/mol. The van der Waals surface area contributed by atoms with Crippen LogP contribution in [0.2, 0.25) is 0 Å². The van der Waals surface area contributed by atoms with Gasteiger partial charge in [0.1, 0.15) is 0 Å². The zero-order valence-electron chi connectivity index (χ0n) is 9.54. The van der Waals surface area contributed by atoms with Crippen molar-refractivity contribution >= 4 is 5.96 Å². The number of hydrogen-bond acceptors (Lipinski definition) is 3. The summed E-state index contributed by atoms with van der Waals surface area (Å²) in [6.07, 6.45) is 0. The summed E-state index contributed by atoms with van der Waals surface area (Å²) in [5.74, 6) is 6.17. The van der Waals surface area contributed by atoms with Crippen molar-refractivity contribution in [3.8, 4) is 0 Å². The highest BCUT2D eigenvalue weighted by Gasteiger charge is 2.32. The van der Waals surface area contributed by atoms with Crippen LogP contribution in [0.1, 0.15) is 13.8 Å². The highest BCUT2D eigenvalue weighted by molar-refractivity contribution is 5.79. The van der Waals surface area contributed by atoms with Gasteiger partial charge in [-0.3, -0.25) is 15.3 Å². The van der Waals surface area contributed by atoms with E-state index >= 15 is 0 Å². The average molecular weight is 199 g/mol. The molecule has 0 saturated carbocycles. The number of nitrogens with zero attached hydrogens (tertiary/aromatic N) is 3. The molecular formula is C9H21N5. The number of likely N-dealkylation sites (N-methyl/N-ethyl adjacent to an activating group) is 1. The van der Waals surface area contributed by atoms with Gasteiger partial charge in [-0.25, -0.2) is 5.84 Å². The lowest BCUT2D eigenvalue weighted by molar-refractivity contribution is 0.0726. The Bertz CT molecular complexity index is 223. The van der Waals surface area contributed by atoms with Crippen molar-refractivity contribution in [1.82, 2.24) is 15.2 Å². The second-order valence-corrected chi connectivity index (χ2v) is 4.35. The van der Waals surface area contributed by atoms with Gasteiger partial charge in [0, 0.05) is 32.2 Å². The van der Waals surface area contributed by atoms with E-state index in [1.54, 1.807) is 7.05 Å². The Labute approximate surface area is 85.9 Å². The first kappa shape index (κ1) is 11.3. The predicted octanol–water partition coefficient (Wildman–Crippen LogP) is -0.538. The fourth-order valence-corrected chi connectivity index (χ4v) is 1.72. The summed E-state index contributed by atoms with van der Waals surface area (Å²) < 4.78 is 0. The molecule has 0 aliphatic carbocycles. The SMILES string of the molecule is CN=C(NN)N1CCN(C)C(C)(C)C1. The van der Waals surface area contributed by atoms with E-state index in [0.717, 1.165) is 25.6 Å². The average Bonchev–Trinajstić information content (AvgIpc) is 2.13. The first-order valence-electron chi connectivity index (χ1n) is 4.91. The van der Waals surface area contributed by atoms with E-state index < -0.39 is 0 Å². The number of nitrogens with one attached hydrogen (secondary N) is 1. The molecule has 0 aromatic carbocycles. The molecular weight excluding hydrogens is 178 g/mol. The lowest BCUT2D eigenvalue weighted by atomic mass is 10.00. The molecule has 0 unspecified atom stereocenters. The number of guanidine groups is 1. The molecule has 1 aliphatic heterocycles. The lowest BCUT2D eigenvalue weighted by Crippen LogP contribution is -2.61. The first-order chi connectivity index (χ1) is 6.51. The van der Waals surface area contributed by atoms with Crippen molar-refractivity contribution < 1.29 is 0 Å². The van der Waals surface area contributed by atoms with E-state index in [4.69, 9.17) is 5.84 Å². The van der Waals surface area contributed by atoms with Crippen LogP contribution >= 0.6 is 0 Å². The zero-order chi connectivity index (χ0) is 10.8. The summed E-state index contributed by atoms with van der Waals surface area (Å²) >= 11 is 0. The Hall–Kier alpha value is -0.810. The van der Waals surface area contributed by atoms with E-state index in [1.165, 1.54) is 0 Å². The minimum absolute atomic E-state index is 0.172. The lowest BCUT2D eigenvalue weighted by Gasteiger charge is -2.46. The molecule has 0 spiro atoms. The van der Waals surface area contributed by atoms with Crippen LogP contribution in [0.4, 0.5) is 0 Å². The summed E-state index contributed by atoms with van der Waals surface area (Å²) in [4.78, 5) is 8.64. The Morgan fingerprint density at radius 1 is 1.43 bits per heavy atom. The molecule has 1 rings (SSSR count). The minimum atomic E-state index is 0.172. The summed E-state index contributed by atoms with van der Waals surface area (Å²) in [5, 5.41) is 0. The molecule has 0 bridgehead atoms. The summed E-state index contributed by atoms with van der Waals surface area (Å²) in [6.45, 7) is 7.40. The van der Waals surface area contributed by atoms with Gasteiger partial charge in [-0.1, -0.05) is 0 Å². The zero-order valence-corrected chi connectivity index (χ0v) is 9.54. The van der Waals surface area contributed by atoms with Crippen molar-refractivity contribution in [2.45, 2.75) is 19.4 Å². The van der Waals surface area contributed by atoms with Crippen LogP contribution in [0.5, 0.6) is 0 Å². The normalized spacial score (nSPS) is 23.8. The van der Waals surface area contributed by atoms with Crippen molar-refractivity contribution in [2.75, 3.05) is 33.7 Å². The Morgan fingerprint density at radius 2 is 2.07 bits per heavy atom. The maximum atomic E-state index is 5.40. The molecule has 1 aliphatic rings. The minimum Gasteiger partial charge on any atom is -0.339 e. The van der Waals surface area contributed by atoms with Gasteiger partial charge in [-0.2, -0.15) is 0 Å². The van der Waals surface area contributed by atoms with Crippen LogP contribution in [0, 0.1) is 0 Å².